The van der Waals surface area contributed by atoms with Gasteiger partial charge in [0.15, 0.2) is 0 Å². The summed E-state index contributed by atoms with van der Waals surface area (Å²) in [7, 11) is -2.38. The molecule has 4 aromatic carbocycles. The van der Waals surface area contributed by atoms with Gasteiger partial charge in [0, 0.05) is 34.5 Å². The zero-order valence-corrected chi connectivity index (χ0v) is 25.4. The molecule has 0 fully saturated rings. The van der Waals surface area contributed by atoms with E-state index in [4.69, 9.17) is 4.74 Å². The van der Waals surface area contributed by atoms with E-state index in [9.17, 15) is 18.0 Å². The van der Waals surface area contributed by atoms with Crippen LogP contribution in [0.3, 0.4) is 0 Å². The van der Waals surface area contributed by atoms with Gasteiger partial charge in [0.1, 0.15) is 5.75 Å². The third kappa shape index (κ3) is 6.73. The maximum atomic E-state index is 13.6. The van der Waals surface area contributed by atoms with Gasteiger partial charge in [-0.3, -0.25) is 9.59 Å². The first-order valence-electron chi connectivity index (χ1n) is 13.4. The van der Waals surface area contributed by atoms with Crippen molar-refractivity contribution in [3.8, 4) is 5.75 Å². The van der Waals surface area contributed by atoms with E-state index in [-0.39, 0.29) is 23.9 Å². The maximum absolute atomic E-state index is 13.6. The lowest BCUT2D eigenvalue weighted by atomic mass is 10.1. The van der Waals surface area contributed by atoms with Crippen LogP contribution in [0.25, 0.3) is 0 Å². The molecule has 1 aliphatic heterocycles. The fraction of sp³-hybridized carbons (Fsp3) is 0.188. The van der Waals surface area contributed by atoms with E-state index < -0.39 is 15.9 Å². The molecule has 0 aliphatic carbocycles. The molecule has 1 aliphatic rings. The van der Waals surface area contributed by atoms with E-state index in [0.29, 0.717) is 36.4 Å². The summed E-state index contributed by atoms with van der Waals surface area (Å²) in [6, 6.07) is 28.2. The fourth-order valence-corrected chi connectivity index (χ4v) is 6.52. The Balaban J connectivity index is 1.33. The lowest BCUT2D eigenvalue weighted by molar-refractivity contribution is -0.116. The third-order valence-electron chi connectivity index (χ3n) is 7.11. The van der Waals surface area contributed by atoms with Crippen molar-refractivity contribution in [2.45, 2.75) is 17.7 Å². The molecule has 1 N–H and O–H groups in total. The smallest absolute Gasteiger partial charge is 0.258 e. The first-order valence-corrected chi connectivity index (χ1v) is 15.7. The number of nitrogens with zero attached hydrogens (tertiary/aromatic N) is 2. The molecule has 0 spiro atoms. The van der Waals surface area contributed by atoms with E-state index in [2.05, 4.69) is 21.2 Å². The predicted octanol–water partition coefficient (Wildman–Crippen LogP) is 5.53. The van der Waals surface area contributed by atoms with Crippen molar-refractivity contribution in [3.63, 3.8) is 0 Å². The molecule has 0 atom stereocenters. The van der Waals surface area contributed by atoms with Crippen molar-refractivity contribution >= 4 is 49.1 Å². The summed E-state index contributed by atoms with van der Waals surface area (Å²) in [5, 5.41) is 2.84. The van der Waals surface area contributed by atoms with Crippen LogP contribution in [0.5, 0.6) is 5.75 Å². The Kier molecular flexibility index (Phi) is 9.06. The van der Waals surface area contributed by atoms with Crippen LogP contribution < -0.4 is 15.0 Å². The van der Waals surface area contributed by atoms with Crippen LogP contribution in [0, 0.1) is 0 Å². The highest BCUT2D eigenvalue weighted by Gasteiger charge is 2.28. The van der Waals surface area contributed by atoms with Gasteiger partial charge in [-0.1, -0.05) is 52.3 Å². The molecular weight excluding hydrogens is 618 g/mol. The second-order valence-electron chi connectivity index (χ2n) is 9.86. The van der Waals surface area contributed by atoms with Crippen LogP contribution >= 0.6 is 15.9 Å². The molecule has 1 heterocycles. The summed E-state index contributed by atoms with van der Waals surface area (Å²) >= 11 is 3.34. The zero-order valence-electron chi connectivity index (χ0n) is 23.0. The van der Waals surface area contributed by atoms with Gasteiger partial charge < -0.3 is 15.0 Å². The third-order valence-corrected chi connectivity index (χ3v) is 9.50. The number of methoxy groups -OCH3 is 1. The molecule has 4 aromatic rings. The minimum absolute atomic E-state index is 0.108. The predicted molar refractivity (Wildman–Crippen MR) is 166 cm³/mol. The van der Waals surface area contributed by atoms with E-state index in [1.54, 1.807) is 60.5 Å². The summed E-state index contributed by atoms with van der Waals surface area (Å²) in [4.78, 5) is 28.3. The first-order chi connectivity index (χ1) is 20.2. The Morgan fingerprint density at radius 2 is 1.67 bits per heavy atom. The van der Waals surface area contributed by atoms with Crippen LogP contribution in [-0.2, 0) is 27.7 Å². The number of ether oxygens (including phenoxy) is 1. The van der Waals surface area contributed by atoms with E-state index in [1.165, 1.54) is 16.4 Å². The minimum Gasteiger partial charge on any atom is -0.497 e. The van der Waals surface area contributed by atoms with E-state index in [1.807, 2.05) is 36.4 Å². The lowest BCUT2D eigenvalue weighted by Crippen LogP contribution is -2.39. The maximum Gasteiger partial charge on any atom is 0.258 e. The van der Waals surface area contributed by atoms with E-state index in [0.717, 1.165) is 21.3 Å². The van der Waals surface area contributed by atoms with Gasteiger partial charge in [-0.25, -0.2) is 8.42 Å². The molecule has 8 nitrogen and oxygen atoms in total. The Hall–Kier alpha value is -3.99. The largest absolute Gasteiger partial charge is 0.497 e. The number of benzene rings is 4. The number of hydrogen-bond donors (Lipinski definition) is 1. The van der Waals surface area contributed by atoms with Gasteiger partial charge in [-0.15, -0.1) is 0 Å². The molecule has 0 bridgehead atoms. The standard InChI is InChI=1S/C32H30BrN3O5S/c1-41-28-13-8-25(9-14-28)32(38)36-20-18-24-7-12-27(21-30(24)36)34-31(37)22-35(19-17-23-5-3-2-4-6-23)42(39,40)29-15-10-26(33)11-16-29/h2-16,21H,17-20,22H2,1H3,(H,34,37). The molecule has 0 saturated heterocycles. The fourth-order valence-electron chi connectivity index (χ4n) is 4.86. The average molecular weight is 649 g/mol. The second kappa shape index (κ2) is 12.9. The number of hydrogen-bond acceptors (Lipinski definition) is 5. The molecule has 0 unspecified atom stereocenters. The Morgan fingerprint density at radius 3 is 2.36 bits per heavy atom. The number of carbonyl (C=O) groups is 2. The Labute approximate surface area is 254 Å². The molecule has 5 rings (SSSR count). The molecule has 42 heavy (non-hydrogen) atoms. The summed E-state index contributed by atoms with van der Waals surface area (Å²) in [5.41, 5.74) is 3.70. The number of sulfonamides is 1. The number of halogens is 1. The van der Waals surface area contributed by atoms with Crippen molar-refractivity contribution in [1.82, 2.24) is 4.31 Å². The highest BCUT2D eigenvalue weighted by atomic mass is 79.9. The zero-order chi connectivity index (χ0) is 29.7. The van der Waals surface area contributed by atoms with Crippen molar-refractivity contribution in [2.24, 2.45) is 0 Å². The molecule has 10 heteroatoms. The monoisotopic (exact) mass is 647 g/mol. The first kappa shape index (κ1) is 29.5. The van der Waals surface area contributed by atoms with Crippen molar-refractivity contribution in [2.75, 3.05) is 37.0 Å². The van der Waals surface area contributed by atoms with Crippen LogP contribution in [0.1, 0.15) is 21.5 Å². The van der Waals surface area contributed by atoms with Gasteiger partial charge in [-0.05, 0) is 84.6 Å². The SMILES string of the molecule is COc1ccc(C(=O)N2CCc3ccc(NC(=O)CN(CCc4ccccc4)S(=O)(=O)c4ccc(Br)cc4)cc32)cc1. The van der Waals surface area contributed by atoms with Crippen molar-refractivity contribution < 1.29 is 22.7 Å². The number of nitrogens with one attached hydrogen (secondary N) is 1. The number of carbonyl (C=O) groups excluding carboxylic acids is 2. The van der Waals surface area contributed by atoms with Crippen LogP contribution in [0.2, 0.25) is 0 Å². The normalized spacial score (nSPS) is 12.7. The van der Waals surface area contributed by atoms with Crippen LogP contribution in [-0.4, -0.2) is 51.3 Å². The molecule has 2 amide bonds. The molecule has 0 aromatic heterocycles. The number of anilines is 2. The highest BCUT2D eigenvalue weighted by Crippen LogP contribution is 2.32. The topological polar surface area (TPSA) is 96.0 Å². The highest BCUT2D eigenvalue weighted by molar-refractivity contribution is 9.10. The van der Waals surface area contributed by atoms with Gasteiger partial charge >= 0.3 is 0 Å². The molecule has 0 saturated carbocycles. The van der Waals surface area contributed by atoms with Crippen LogP contribution in [0.15, 0.2) is 106 Å². The quantitative estimate of drug-likeness (QED) is 0.244. The summed E-state index contributed by atoms with van der Waals surface area (Å²) in [6.45, 7) is 0.289. The second-order valence-corrected chi connectivity index (χ2v) is 12.7. The molecule has 216 valence electrons. The number of amides is 2. The lowest BCUT2D eigenvalue weighted by Gasteiger charge is -2.22. The number of fused-ring (bicyclic) bond motifs is 1. The van der Waals surface area contributed by atoms with Crippen LogP contribution in [0.4, 0.5) is 11.4 Å². The van der Waals surface area contributed by atoms with Gasteiger partial charge in [0.25, 0.3) is 5.91 Å². The summed E-state index contributed by atoms with van der Waals surface area (Å²) in [6.07, 6.45) is 1.15. The van der Waals surface area contributed by atoms with Crippen molar-refractivity contribution in [1.29, 1.82) is 0 Å². The number of rotatable bonds is 10. The Morgan fingerprint density at radius 1 is 0.952 bits per heavy atom. The van der Waals surface area contributed by atoms with Gasteiger partial charge in [0.05, 0.1) is 18.6 Å². The minimum atomic E-state index is -3.95. The molecular formula is C32H30BrN3O5S. The van der Waals surface area contributed by atoms with Gasteiger partial charge in [0.2, 0.25) is 15.9 Å². The Bertz CT molecular complexity index is 1680. The molecule has 0 radical (unpaired) electrons. The summed E-state index contributed by atoms with van der Waals surface area (Å²) < 4.78 is 34.3. The van der Waals surface area contributed by atoms with Crippen molar-refractivity contribution in [3.05, 3.63) is 118 Å². The van der Waals surface area contributed by atoms with E-state index >= 15 is 0 Å². The average Bonchev–Trinajstić information content (AvgIpc) is 3.43. The van der Waals surface area contributed by atoms with Gasteiger partial charge in [-0.2, -0.15) is 4.31 Å². The summed E-state index contributed by atoms with van der Waals surface area (Å²) in [5.74, 6) is 0.0422.